The Hall–Kier alpha value is -2.26. The van der Waals surface area contributed by atoms with Gasteiger partial charge in [0.15, 0.2) is 25.0 Å². The number of hydrogen-bond acceptors (Lipinski definition) is 20. The number of carbonyl (C=O) groups excluding carboxylic acids is 1. The van der Waals surface area contributed by atoms with Crippen LogP contribution in [-0.4, -0.2) is 203 Å². The zero-order chi connectivity index (χ0) is 54.7. The van der Waals surface area contributed by atoms with Crippen LogP contribution in [0.5, 0.6) is 0 Å². The molecule has 12 N–H and O–H groups in total. The molecular weight excluding hydrogens is 973 g/mol. The Labute approximate surface area is 432 Å². The summed E-state index contributed by atoms with van der Waals surface area (Å²) in [5.41, 5.74) is -2.46. The van der Waals surface area contributed by atoms with Crippen molar-refractivity contribution in [3.63, 3.8) is 0 Å². The summed E-state index contributed by atoms with van der Waals surface area (Å²) in [7, 11) is 0. The first-order valence-electron chi connectivity index (χ1n) is 26.4. The highest BCUT2D eigenvalue weighted by atomic mass is 16.8. The van der Waals surface area contributed by atoms with Gasteiger partial charge < -0.3 is 94.4 Å². The van der Waals surface area contributed by atoms with E-state index < -0.39 is 162 Å². The van der Waals surface area contributed by atoms with Crippen LogP contribution in [0.15, 0.2) is 23.3 Å². The molecule has 3 aliphatic heterocycles. The summed E-state index contributed by atoms with van der Waals surface area (Å²) in [6.45, 7) is 18.4. The van der Waals surface area contributed by atoms with Gasteiger partial charge in [-0.05, 0) is 111 Å². The Balaban J connectivity index is 1.13. The Bertz CT molecular complexity index is 2130. The average Bonchev–Trinajstić information content (AvgIpc) is 3.32. The van der Waals surface area contributed by atoms with Crippen LogP contribution in [0.1, 0.15) is 114 Å². The number of carbonyl (C=O) groups is 2. The number of aliphatic hydroxyl groups is 11. The molecule has 0 bridgehead atoms. The molecule has 0 aromatic rings. The van der Waals surface area contributed by atoms with E-state index in [4.69, 9.17) is 33.2 Å². The Morgan fingerprint density at radius 3 is 1.96 bits per heavy atom. The quantitative estimate of drug-likeness (QED) is 0.0568. The van der Waals surface area contributed by atoms with E-state index in [2.05, 4.69) is 40.7 Å². The highest BCUT2D eigenvalue weighted by Gasteiger charge is 2.73. The van der Waals surface area contributed by atoms with Gasteiger partial charge in [-0.25, -0.2) is 9.59 Å². The fraction of sp³-hybridized carbons (Fsp3) is 0.887. The van der Waals surface area contributed by atoms with Crippen molar-refractivity contribution in [3.8, 4) is 0 Å². The van der Waals surface area contributed by atoms with Crippen molar-refractivity contribution in [1.82, 2.24) is 0 Å². The minimum atomic E-state index is -2.16. The summed E-state index contributed by atoms with van der Waals surface area (Å²) >= 11 is 0. The van der Waals surface area contributed by atoms with Crippen LogP contribution in [0.3, 0.4) is 0 Å². The minimum Gasteiger partial charge on any atom is -0.479 e. The highest BCUT2D eigenvalue weighted by molar-refractivity contribution is 5.87. The maximum absolute atomic E-state index is 13.4. The van der Waals surface area contributed by atoms with Crippen LogP contribution in [0.25, 0.3) is 0 Å². The fourth-order valence-electron chi connectivity index (χ4n) is 16.0. The summed E-state index contributed by atoms with van der Waals surface area (Å²) in [5.74, 6) is -2.72. The second-order valence-electron chi connectivity index (χ2n) is 25.3. The number of esters is 1. The van der Waals surface area contributed by atoms with Crippen LogP contribution in [0.2, 0.25) is 0 Å². The van der Waals surface area contributed by atoms with E-state index in [1.807, 2.05) is 13.8 Å². The predicted molar refractivity (Wildman–Crippen MR) is 257 cm³/mol. The SMILES string of the molecule is C/C=C(/C)C(=O)O[C@H]1CC(C)(C)C[C@H]2C3=CC[C@@H]4[C@@]5(C)C[C@H](O)[C@H](O[C@@H]6O[C@H](C(=O)O)[C@@H](O)[C@H](O[C@@H]7O[C@@H](C)[C@H](O)[C@@H](O)[C@H]7O)[C@H]6O[C@@H]6O[C@H](CO)[C@H](O)[C@H](O)[C@H]6O)C(C)(C)[C@@H]5CC[C@@]4(C)[C@]3(C)C[C@@H](O)[C@@]12CO. The summed E-state index contributed by atoms with van der Waals surface area (Å²) in [4.78, 5) is 26.3. The van der Waals surface area contributed by atoms with Gasteiger partial charge in [-0.15, -0.1) is 0 Å². The van der Waals surface area contributed by atoms with Crippen LogP contribution < -0.4 is 0 Å². The molecule has 8 aliphatic rings. The van der Waals surface area contributed by atoms with Crippen molar-refractivity contribution in [2.75, 3.05) is 13.2 Å². The van der Waals surface area contributed by atoms with Gasteiger partial charge in [0.1, 0.15) is 67.1 Å². The number of carboxylic acid groups (broad SMARTS) is 1. The number of carboxylic acids is 1. The van der Waals surface area contributed by atoms with Crippen LogP contribution >= 0.6 is 0 Å². The van der Waals surface area contributed by atoms with E-state index in [9.17, 15) is 70.9 Å². The van der Waals surface area contributed by atoms with Gasteiger partial charge in [-0.1, -0.05) is 66.2 Å². The van der Waals surface area contributed by atoms with E-state index in [1.165, 1.54) is 6.92 Å². The molecule has 422 valence electrons. The molecule has 7 fully saturated rings. The van der Waals surface area contributed by atoms with E-state index in [0.717, 1.165) is 5.57 Å². The summed E-state index contributed by atoms with van der Waals surface area (Å²) in [6, 6.07) is 0. The zero-order valence-corrected chi connectivity index (χ0v) is 44.3. The number of aliphatic carboxylic acids is 1. The largest absolute Gasteiger partial charge is 0.479 e. The van der Waals surface area contributed by atoms with Crippen molar-refractivity contribution in [2.45, 2.75) is 231 Å². The van der Waals surface area contributed by atoms with Gasteiger partial charge in [0.05, 0.1) is 43.0 Å². The monoisotopic (exact) mass is 1060 g/mol. The van der Waals surface area contributed by atoms with Crippen LogP contribution in [0, 0.1) is 50.2 Å². The van der Waals surface area contributed by atoms with Gasteiger partial charge in [0, 0.05) is 5.57 Å². The van der Waals surface area contributed by atoms with Crippen molar-refractivity contribution in [1.29, 1.82) is 0 Å². The lowest BCUT2D eigenvalue weighted by Crippen LogP contribution is -2.71. The highest BCUT2D eigenvalue weighted by Crippen LogP contribution is 2.76. The lowest BCUT2D eigenvalue weighted by atomic mass is 9.33. The Morgan fingerprint density at radius 2 is 1.35 bits per heavy atom. The molecule has 5 aliphatic carbocycles. The van der Waals surface area contributed by atoms with E-state index in [0.29, 0.717) is 44.1 Å². The molecule has 0 amide bonds. The van der Waals surface area contributed by atoms with Crippen LogP contribution in [-0.2, 0) is 42.7 Å². The molecule has 8 rings (SSSR count). The average molecular weight is 1060 g/mol. The number of ether oxygens (including phenoxy) is 7. The molecule has 21 heteroatoms. The topological polar surface area (TPSA) is 342 Å². The maximum atomic E-state index is 13.4. The molecule has 0 aromatic carbocycles. The first-order valence-corrected chi connectivity index (χ1v) is 26.4. The Morgan fingerprint density at radius 1 is 0.730 bits per heavy atom. The number of hydrogen-bond donors (Lipinski definition) is 12. The molecule has 4 saturated carbocycles. The number of aliphatic hydroxyl groups excluding tert-OH is 11. The molecular formula is C53H84O21. The fourth-order valence-corrected chi connectivity index (χ4v) is 16.0. The minimum absolute atomic E-state index is 0.0653. The van der Waals surface area contributed by atoms with Gasteiger partial charge >= 0.3 is 11.9 Å². The summed E-state index contributed by atoms with van der Waals surface area (Å²) in [6.07, 6.45) is -24.2. The molecule has 3 heterocycles. The van der Waals surface area contributed by atoms with E-state index >= 15 is 0 Å². The number of fused-ring (bicyclic) bond motifs is 7. The summed E-state index contributed by atoms with van der Waals surface area (Å²) in [5, 5.41) is 134. The molecule has 3 saturated heterocycles. The van der Waals surface area contributed by atoms with Gasteiger partial charge in [-0.3, -0.25) is 0 Å². The molecule has 0 radical (unpaired) electrons. The third kappa shape index (κ3) is 9.06. The molecule has 21 nitrogen and oxygen atoms in total. The summed E-state index contributed by atoms with van der Waals surface area (Å²) < 4.78 is 42.7. The van der Waals surface area contributed by atoms with Gasteiger partial charge in [0.25, 0.3) is 0 Å². The smallest absolute Gasteiger partial charge is 0.335 e. The van der Waals surface area contributed by atoms with E-state index in [-0.39, 0.29) is 36.2 Å². The lowest BCUT2D eigenvalue weighted by molar-refractivity contribution is -0.398. The zero-order valence-electron chi connectivity index (χ0n) is 44.3. The molecule has 26 atom stereocenters. The first-order chi connectivity index (χ1) is 34.4. The third-order valence-corrected chi connectivity index (χ3v) is 20.3. The predicted octanol–water partition coefficient (Wildman–Crippen LogP) is 0.163. The molecule has 74 heavy (non-hydrogen) atoms. The third-order valence-electron chi connectivity index (χ3n) is 20.3. The van der Waals surface area contributed by atoms with Crippen molar-refractivity contribution in [2.24, 2.45) is 50.2 Å². The van der Waals surface area contributed by atoms with Gasteiger partial charge in [-0.2, -0.15) is 0 Å². The maximum Gasteiger partial charge on any atom is 0.335 e. The normalized spacial score (nSPS) is 52.1. The standard InChI is InChI=1S/C53H84O21/c1-11-22(2)44(67)70-31-19-48(4,5)16-25-24-12-13-29-50(8)17-26(56)42(49(6,7)28(50)14-15-51(29,9)52(24,10)18-30(57)53(25,31)21-55)74-47-41(73-46-37(63)35(61)33(59)27(20-54)69-46)39(38(64)40(72-47)43(65)66)71-45-36(62)34(60)32(58)23(3)68-45/h11-12,23,25-42,45-47,54-64H,13-21H2,1-10H3,(H,65,66)/b22-11-/t23-,25-,26-,27+,28-,29+,30+,31-,32-,33-,34+,35-,36+,37+,38-,39-,40-,41+,42-,45-,46-,47-,50-,51+,52+,53-/m0/s1. The van der Waals surface area contributed by atoms with Crippen molar-refractivity contribution in [3.05, 3.63) is 23.3 Å². The second-order valence-corrected chi connectivity index (χ2v) is 25.3. The molecule has 0 unspecified atom stereocenters. The molecule has 0 aromatic heterocycles. The second kappa shape index (κ2) is 20.4. The van der Waals surface area contributed by atoms with Gasteiger partial charge in [0.2, 0.25) is 0 Å². The van der Waals surface area contributed by atoms with Crippen LogP contribution in [0.4, 0.5) is 0 Å². The van der Waals surface area contributed by atoms with Crippen molar-refractivity contribution >= 4 is 11.9 Å². The van der Waals surface area contributed by atoms with Crippen molar-refractivity contribution < 1.29 is 104 Å². The number of allylic oxidation sites excluding steroid dienone is 3. The van der Waals surface area contributed by atoms with E-state index in [1.54, 1.807) is 19.9 Å². The Kier molecular flexibility index (Phi) is 16.0. The lowest BCUT2D eigenvalue weighted by Gasteiger charge is -2.72. The first kappa shape index (κ1) is 57.9. The number of rotatable bonds is 11. The molecule has 0 spiro atoms.